The maximum atomic E-state index is 11.7. The molecule has 0 amide bonds. The first kappa shape index (κ1) is 11.0. The molecule has 84 valence electrons. The molecule has 0 saturated carbocycles. The fourth-order valence-corrected chi connectivity index (χ4v) is 1.71. The lowest BCUT2D eigenvalue weighted by molar-refractivity contribution is 0.0373. The number of aromatic amines is 1. The van der Waals surface area contributed by atoms with Gasteiger partial charge in [0.2, 0.25) is 0 Å². The van der Waals surface area contributed by atoms with E-state index < -0.39 is 5.97 Å². The van der Waals surface area contributed by atoms with Crippen molar-refractivity contribution < 1.29 is 9.53 Å². The van der Waals surface area contributed by atoms with E-state index in [0.717, 1.165) is 5.52 Å². The highest BCUT2D eigenvalue weighted by atomic mass is 35.5. The number of nitrogens with one attached hydrogen (secondary N) is 1. The summed E-state index contributed by atoms with van der Waals surface area (Å²) < 4.78 is 5.08. The molecule has 0 unspecified atom stereocenters. The molecule has 16 heavy (non-hydrogen) atoms. The minimum absolute atomic E-state index is 0.179. The van der Waals surface area contributed by atoms with Crippen LogP contribution in [0.5, 0.6) is 0 Å². The molecule has 2 aromatic rings. The molecule has 1 N–H and O–H groups in total. The number of rotatable bonds is 2. The molecule has 5 heteroatoms. The van der Waals surface area contributed by atoms with Gasteiger partial charge in [0.05, 0.1) is 22.0 Å². The summed E-state index contributed by atoms with van der Waals surface area (Å²) in [5.74, 6) is -0.464. The van der Waals surface area contributed by atoms with Gasteiger partial charge < -0.3 is 4.74 Å². The Morgan fingerprint density at radius 2 is 2.25 bits per heavy atom. The second-order valence-corrected chi connectivity index (χ2v) is 4.10. The van der Waals surface area contributed by atoms with Crippen molar-refractivity contribution in [1.29, 1.82) is 0 Å². The topological polar surface area (TPSA) is 55.0 Å². The van der Waals surface area contributed by atoms with Crippen LogP contribution in [0.15, 0.2) is 18.2 Å². The van der Waals surface area contributed by atoms with Gasteiger partial charge in [-0.25, -0.2) is 4.79 Å². The maximum absolute atomic E-state index is 11.7. The van der Waals surface area contributed by atoms with Crippen LogP contribution in [0, 0.1) is 0 Å². The van der Waals surface area contributed by atoms with E-state index in [-0.39, 0.29) is 11.8 Å². The van der Waals surface area contributed by atoms with Crippen molar-refractivity contribution in [2.24, 2.45) is 0 Å². The van der Waals surface area contributed by atoms with Gasteiger partial charge in [0, 0.05) is 0 Å². The molecule has 0 aliphatic heterocycles. The summed E-state index contributed by atoms with van der Waals surface area (Å²) in [7, 11) is 0. The molecule has 0 aliphatic carbocycles. The molecular formula is C11H11ClN2O2. The van der Waals surface area contributed by atoms with Crippen LogP contribution in [0.3, 0.4) is 0 Å². The predicted molar refractivity (Wildman–Crippen MR) is 61.7 cm³/mol. The van der Waals surface area contributed by atoms with E-state index in [9.17, 15) is 4.79 Å². The van der Waals surface area contributed by atoms with Crippen molar-refractivity contribution >= 4 is 28.5 Å². The Hall–Kier alpha value is -1.55. The number of fused-ring (bicyclic) bond motifs is 1. The molecule has 1 aromatic carbocycles. The van der Waals surface area contributed by atoms with Gasteiger partial charge in [0.15, 0.2) is 5.69 Å². The fourth-order valence-electron chi connectivity index (χ4n) is 1.45. The summed E-state index contributed by atoms with van der Waals surface area (Å²) in [5, 5.41) is 7.77. The number of nitrogens with zero attached hydrogens (tertiary/aromatic N) is 1. The van der Waals surface area contributed by atoms with Crippen LogP contribution in [-0.4, -0.2) is 22.3 Å². The third-order valence-corrected chi connectivity index (χ3v) is 2.39. The van der Waals surface area contributed by atoms with Gasteiger partial charge in [-0.05, 0) is 26.0 Å². The average Bonchev–Trinajstić information content (AvgIpc) is 2.61. The summed E-state index contributed by atoms with van der Waals surface area (Å²) in [6.07, 6.45) is -0.179. The molecule has 1 heterocycles. The molecular weight excluding hydrogens is 228 g/mol. The van der Waals surface area contributed by atoms with E-state index in [4.69, 9.17) is 16.3 Å². The quantitative estimate of drug-likeness (QED) is 0.819. The number of esters is 1. The summed E-state index contributed by atoms with van der Waals surface area (Å²) in [6.45, 7) is 3.57. The van der Waals surface area contributed by atoms with E-state index >= 15 is 0 Å². The Morgan fingerprint density at radius 3 is 2.94 bits per heavy atom. The first-order valence-electron chi connectivity index (χ1n) is 4.93. The van der Waals surface area contributed by atoms with Crippen molar-refractivity contribution in [2.75, 3.05) is 0 Å². The highest BCUT2D eigenvalue weighted by Crippen LogP contribution is 2.25. The highest BCUT2D eigenvalue weighted by molar-refractivity contribution is 6.36. The number of aromatic nitrogens is 2. The lowest BCUT2D eigenvalue weighted by Crippen LogP contribution is -2.12. The molecule has 0 aliphatic rings. The Bertz CT molecular complexity index is 534. The van der Waals surface area contributed by atoms with Gasteiger partial charge in [-0.2, -0.15) is 5.10 Å². The Morgan fingerprint density at radius 1 is 1.50 bits per heavy atom. The first-order chi connectivity index (χ1) is 7.59. The summed E-state index contributed by atoms with van der Waals surface area (Å²) >= 11 is 6.02. The van der Waals surface area contributed by atoms with Gasteiger partial charge >= 0.3 is 5.97 Å². The van der Waals surface area contributed by atoms with Crippen molar-refractivity contribution in [2.45, 2.75) is 20.0 Å². The molecule has 2 rings (SSSR count). The van der Waals surface area contributed by atoms with Crippen molar-refractivity contribution in [3.05, 3.63) is 28.9 Å². The monoisotopic (exact) mass is 238 g/mol. The van der Waals surface area contributed by atoms with Crippen LogP contribution in [0.25, 0.3) is 10.9 Å². The highest BCUT2D eigenvalue weighted by Gasteiger charge is 2.18. The predicted octanol–water partition coefficient (Wildman–Crippen LogP) is 2.78. The summed E-state index contributed by atoms with van der Waals surface area (Å²) in [5.41, 5.74) is 0.956. The first-order valence-corrected chi connectivity index (χ1v) is 5.31. The van der Waals surface area contributed by atoms with E-state index in [2.05, 4.69) is 10.2 Å². The normalized spacial score (nSPS) is 11.0. The Labute approximate surface area is 97.5 Å². The zero-order chi connectivity index (χ0) is 11.7. The molecule has 4 nitrogen and oxygen atoms in total. The molecule has 0 bridgehead atoms. The minimum atomic E-state index is -0.464. The number of ether oxygens (including phenoxy) is 1. The lowest BCUT2D eigenvalue weighted by Gasteiger charge is -2.05. The molecule has 0 saturated heterocycles. The zero-order valence-electron chi connectivity index (χ0n) is 8.95. The van der Waals surface area contributed by atoms with E-state index in [1.54, 1.807) is 32.0 Å². The zero-order valence-corrected chi connectivity index (χ0v) is 9.71. The standard InChI is InChI=1S/C11H11ClN2O2/c1-6(2)16-11(15)10-9-7(12)4-3-5-8(9)13-14-10/h3-6H,1-2H3,(H,13,14). The average molecular weight is 239 g/mol. The van der Waals surface area contributed by atoms with Crippen molar-refractivity contribution in [3.63, 3.8) is 0 Å². The second kappa shape index (κ2) is 4.14. The molecule has 1 aromatic heterocycles. The Balaban J connectivity index is 2.49. The van der Waals surface area contributed by atoms with Crippen LogP contribution < -0.4 is 0 Å². The number of carbonyl (C=O) groups excluding carboxylic acids is 1. The summed E-state index contributed by atoms with van der Waals surface area (Å²) in [4.78, 5) is 11.7. The van der Waals surface area contributed by atoms with Crippen LogP contribution >= 0.6 is 11.6 Å². The molecule has 0 atom stereocenters. The van der Waals surface area contributed by atoms with Gasteiger partial charge in [0.1, 0.15) is 0 Å². The van der Waals surface area contributed by atoms with Crippen LogP contribution in [-0.2, 0) is 4.74 Å². The number of benzene rings is 1. The number of carbonyl (C=O) groups is 1. The van der Waals surface area contributed by atoms with Crippen LogP contribution in [0.2, 0.25) is 5.02 Å². The SMILES string of the molecule is CC(C)OC(=O)c1n[nH]c2cccc(Cl)c12. The van der Waals surface area contributed by atoms with Crippen molar-refractivity contribution in [3.8, 4) is 0 Å². The molecule has 0 fully saturated rings. The number of halogens is 1. The van der Waals surface area contributed by atoms with E-state index in [1.807, 2.05) is 0 Å². The van der Waals surface area contributed by atoms with Crippen LogP contribution in [0.1, 0.15) is 24.3 Å². The Kier molecular flexibility index (Phi) is 2.83. The minimum Gasteiger partial charge on any atom is -0.458 e. The number of hydrogen-bond donors (Lipinski definition) is 1. The van der Waals surface area contributed by atoms with Gasteiger partial charge in [-0.15, -0.1) is 0 Å². The molecule has 0 radical (unpaired) electrons. The number of hydrogen-bond acceptors (Lipinski definition) is 3. The van der Waals surface area contributed by atoms with E-state index in [1.165, 1.54) is 0 Å². The maximum Gasteiger partial charge on any atom is 0.359 e. The molecule has 0 spiro atoms. The largest absolute Gasteiger partial charge is 0.458 e. The number of H-pyrrole nitrogens is 1. The van der Waals surface area contributed by atoms with Gasteiger partial charge in [-0.3, -0.25) is 5.10 Å². The van der Waals surface area contributed by atoms with Crippen molar-refractivity contribution in [1.82, 2.24) is 10.2 Å². The fraction of sp³-hybridized carbons (Fsp3) is 0.273. The van der Waals surface area contributed by atoms with Gasteiger partial charge in [0.25, 0.3) is 0 Å². The summed E-state index contributed by atoms with van der Waals surface area (Å²) in [6, 6.07) is 5.31. The third-order valence-electron chi connectivity index (χ3n) is 2.07. The third kappa shape index (κ3) is 1.88. The van der Waals surface area contributed by atoms with E-state index in [0.29, 0.717) is 10.4 Å². The van der Waals surface area contributed by atoms with Crippen LogP contribution in [0.4, 0.5) is 0 Å². The lowest BCUT2D eigenvalue weighted by atomic mass is 10.2. The van der Waals surface area contributed by atoms with Gasteiger partial charge in [-0.1, -0.05) is 17.7 Å². The second-order valence-electron chi connectivity index (χ2n) is 3.69. The smallest absolute Gasteiger partial charge is 0.359 e.